The van der Waals surface area contributed by atoms with Gasteiger partial charge in [-0.1, -0.05) is 19.9 Å². The number of methoxy groups -OCH3 is 1. The number of anilines is 1. The third-order valence-electron chi connectivity index (χ3n) is 7.57. The van der Waals surface area contributed by atoms with Crippen LogP contribution in [0.3, 0.4) is 0 Å². The van der Waals surface area contributed by atoms with Crippen LogP contribution in [0.25, 0.3) is 5.57 Å². The number of aliphatic hydroxyl groups is 2. The number of amides is 1. The van der Waals surface area contributed by atoms with Crippen LogP contribution in [-0.2, 0) is 0 Å². The molecule has 2 atom stereocenters. The van der Waals surface area contributed by atoms with Gasteiger partial charge in [0, 0.05) is 43.5 Å². The van der Waals surface area contributed by atoms with Gasteiger partial charge in [0.15, 0.2) is 0 Å². The maximum Gasteiger partial charge on any atom is 0.415 e. The molecule has 2 aromatic rings. The zero-order valence-electron chi connectivity index (χ0n) is 25.0. The summed E-state index contributed by atoms with van der Waals surface area (Å²) in [7, 11) is 5.39. The Hall–Kier alpha value is -3.14. The molecule has 40 heavy (non-hydrogen) atoms. The number of rotatable bonds is 10. The molecule has 1 aliphatic rings. The van der Waals surface area contributed by atoms with Crippen LogP contribution < -0.4 is 14.8 Å². The first-order valence-electron chi connectivity index (χ1n) is 13.6. The van der Waals surface area contributed by atoms with E-state index in [-0.39, 0.29) is 12.4 Å². The number of hydrogen-bond acceptors (Lipinski definition) is 7. The van der Waals surface area contributed by atoms with Gasteiger partial charge in [0.25, 0.3) is 0 Å². The number of halogens is 1. The maximum atomic E-state index is 13.9. The highest BCUT2D eigenvalue weighted by Crippen LogP contribution is 2.49. The topological polar surface area (TPSA) is 94.5 Å². The zero-order valence-corrected chi connectivity index (χ0v) is 25.0. The van der Waals surface area contributed by atoms with Crippen molar-refractivity contribution in [2.45, 2.75) is 52.7 Å². The van der Waals surface area contributed by atoms with E-state index in [0.29, 0.717) is 60.0 Å². The molecule has 2 aromatic carbocycles. The quantitative estimate of drug-likeness (QED) is 0.381. The predicted molar refractivity (Wildman–Crippen MR) is 156 cm³/mol. The van der Waals surface area contributed by atoms with Crippen LogP contribution in [0.2, 0.25) is 0 Å². The Balaban J connectivity index is 2.02. The normalized spacial score (nSPS) is 20.4. The molecule has 3 rings (SSSR count). The van der Waals surface area contributed by atoms with E-state index in [0.717, 1.165) is 5.56 Å². The SMILES string of the molecule is CCN(CCN(C)C)C(=O)Oc1ccc(C2=C(CNc3cc(F)ccc3C)C(C)(O)CC(C)(C)C2O)c(OC)c1. The van der Waals surface area contributed by atoms with Gasteiger partial charge >= 0.3 is 6.09 Å². The van der Waals surface area contributed by atoms with Crippen LogP contribution in [-0.4, -0.2) is 85.2 Å². The first kappa shape index (κ1) is 31.4. The van der Waals surface area contributed by atoms with E-state index in [4.69, 9.17) is 9.47 Å². The predicted octanol–water partition coefficient (Wildman–Crippen LogP) is 4.93. The number of benzene rings is 2. The van der Waals surface area contributed by atoms with E-state index >= 15 is 0 Å². The largest absolute Gasteiger partial charge is 0.496 e. The molecule has 9 heteroatoms. The summed E-state index contributed by atoms with van der Waals surface area (Å²) in [6.07, 6.45) is -1.07. The lowest BCUT2D eigenvalue weighted by atomic mass is 9.64. The molecule has 0 heterocycles. The summed E-state index contributed by atoms with van der Waals surface area (Å²) >= 11 is 0. The Kier molecular flexibility index (Phi) is 9.87. The summed E-state index contributed by atoms with van der Waals surface area (Å²) < 4.78 is 25.3. The van der Waals surface area contributed by atoms with Crippen LogP contribution in [0, 0.1) is 18.2 Å². The molecule has 0 saturated heterocycles. The molecular formula is C31H44FN3O5. The molecule has 1 aliphatic carbocycles. The molecular weight excluding hydrogens is 513 g/mol. The first-order valence-corrected chi connectivity index (χ1v) is 13.6. The summed E-state index contributed by atoms with van der Waals surface area (Å²) in [4.78, 5) is 16.4. The van der Waals surface area contributed by atoms with Crippen LogP contribution in [0.4, 0.5) is 14.9 Å². The second kappa shape index (κ2) is 12.6. The Labute approximate surface area is 237 Å². The molecule has 0 radical (unpaired) electrons. The molecule has 1 amide bonds. The van der Waals surface area contributed by atoms with Crippen LogP contribution in [0.5, 0.6) is 11.5 Å². The highest BCUT2D eigenvalue weighted by molar-refractivity contribution is 5.80. The van der Waals surface area contributed by atoms with Gasteiger partial charge in [0.2, 0.25) is 0 Å². The summed E-state index contributed by atoms with van der Waals surface area (Å²) in [5, 5.41) is 26.5. The minimum atomic E-state index is -1.27. The molecule has 0 aromatic heterocycles. The summed E-state index contributed by atoms with van der Waals surface area (Å²) in [6.45, 7) is 11.2. The molecule has 0 bridgehead atoms. The van der Waals surface area contributed by atoms with Crippen molar-refractivity contribution in [2.24, 2.45) is 5.41 Å². The van der Waals surface area contributed by atoms with Crippen molar-refractivity contribution in [1.82, 2.24) is 9.80 Å². The molecule has 3 N–H and O–H groups in total. The number of likely N-dealkylation sites (N-methyl/N-ethyl adjacent to an activating group) is 2. The molecule has 0 fully saturated rings. The van der Waals surface area contributed by atoms with Crippen molar-refractivity contribution in [1.29, 1.82) is 0 Å². The molecule has 8 nitrogen and oxygen atoms in total. The molecule has 2 unspecified atom stereocenters. The van der Waals surface area contributed by atoms with E-state index in [1.54, 1.807) is 36.1 Å². The van der Waals surface area contributed by atoms with E-state index in [9.17, 15) is 19.4 Å². The smallest absolute Gasteiger partial charge is 0.415 e. The van der Waals surface area contributed by atoms with Gasteiger partial charge in [-0.15, -0.1) is 0 Å². The highest BCUT2D eigenvalue weighted by Gasteiger charge is 2.47. The molecule has 0 spiro atoms. The number of carbonyl (C=O) groups is 1. The van der Waals surface area contributed by atoms with Crippen molar-refractivity contribution in [3.05, 3.63) is 58.9 Å². The van der Waals surface area contributed by atoms with Gasteiger partial charge in [-0.2, -0.15) is 0 Å². The molecule has 220 valence electrons. The average Bonchev–Trinajstić information content (AvgIpc) is 2.87. The van der Waals surface area contributed by atoms with E-state index < -0.39 is 23.2 Å². The first-order chi connectivity index (χ1) is 18.7. The monoisotopic (exact) mass is 557 g/mol. The second-order valence-electron chi connectivity index (χ2n) is 11.7. The summed E-state index contributed by atoms with van der Waals surface area (Å²) in [5.41, 5.74) is 1.22. The van der Waals surface area contributed by atoms with Crippen LogP contribution in [0.15, 0.2) is 42.0 Å². The average molecular weight is 558 g/mol. The van der Waals surface area contributed by atoms with Crippen molar-refractivity contribution >= 4 is 17.4 Å². The third-order valence-corrected chi connectivity index (χ3v) is 7.57. The number of nitrogens with zero attached hydrogens (tertiary/aromatic N) is 2. The summed E-state index contributed by atoms with van der Waals surface area (Å²) in [5.74, 6) is 0.332. The van der Waals surface area contributed by atoms with Gasteiger partial charge in [-0.05, 0) is 87.7 Å². The molecule has 0 saturated carbocycles. The van der Waals surface area contributed by atoms with Gasteiger partial charge in [-0.25, -0.2) is 9.18 Å². The van der Waals surface area contributed by atoms with Crippen LogP contribution >= 0.6 is 0 Å². The Bertz CT molecular complexity index is 1240. The summed E-state index contributed by atoms with van der Waals surface area (Å²) in [6, 6.07) is 9.51. The molecule has 0 aliphatic heterocycles. The van der Waals surface area contributed by atoms with Crippen molar-refractivity contribution in [3.8, 4) is 11.5 Å². The van der Waals surface area contributed by atoms with Gasteiger partial charge in [-0.3, -0.25) is 0 Å². The van der Waals surface area contributed by atoms with Gasteiger partial charge in [0.05, 0.1) is 18.8 Å². The van der Waals surface area contributed by atoms with E-state index in [1.807, 2.05) is 46.7 Å². The zero-order chi connectivity index (χ0) is 29.8. The van der Waals surface area contributed by atoms with E-state index in [1.165, 1.54) is 19.2 Å². The lowest BCUT2D eigenvalue weighted by molar-refractivity contribution is -0.0112. The number of ether oxygens (including phenoxy) is 2. The fourth-order valence-electron chi connectivity index (χ4n) is 5.32. The lowest BCUT2D eigenvalue weighted by Crippen LogP contribution is -2.47. The highest BCUT2D eigenvalue weighted by atomic mass is 19.1. The lowest BCUT2D eigenvalue weighted by Gasteiger charge is -2.46. The van der Waals surface area contributed by atoms with Gasteiger partial charge < -0.3 is 34.8 Å². The Morgan fingerprint density at radius 1 is 1.15 bits per heavy atom. The fraction of sp³-hybridized carbons (Fsp3) is 0.516. The maximum absolute atomic E-state index is 13.9. The van der Waals surface area contributed by atoms with Crippen molar-refractivity contribution in [3.63, 3.8) is 0 Å². The number of aliphatic hydroxyl groups excluding tert-OH is 1. The number of carbonyl (C=O) groups excluding carboxylic acids is 1. The fourth-order valence-corrected chi connectivity index (χ4v) is 5.32. The van der Waals surface area contributed by atoms with E-state index in [2.05, 4.69) is 5.32 Å². The standard InChI is InChI=1S/C31H44FN3O5/c1-9-35(15-14-34(6)7)29(37)40-22-12-13-23(26(17-22)39-8)27-24(31(5,38)19-30(3,4)28(27)36)18-33-25-16-21(32)11-10-20(25)2/h10-13,16-17,28,33,36,38H,9,14-15,18-19H2,1-8H3. The second-order valence-corrected chi connectivity index (χ2v) is 11.7. The number of hydrogen-bond donors (Lipinski definition) is 3. The Morgan fingerprint density at radius 3 is 2.48 bits per heavy atom. The number of aryl methyl sites for hydroxylation is 1. The Morgan fingerprint density at radius 2 is 1.85 bits per heavy atom. The minimum Gasteiger partial charge on any atom is -0.496 e. The van der Waals surface area contributed by atoms with Crippen molar-refractivity contribution in [2.75, 3.05) is 52.7 Å². The van der Waals surface area contributed by atoms with Crippen LogP contribution in [0.1, 0.15) is 45.2 Å². The van der Waals surface area contributed by atoms with Gasteiger partial charge in [0.1, 0.15) is 17.3 Å². The number of nitrogens with one attached hydrogen (secondary N) is 1. The third kappa shape index (κ3) is 7.13. The van der Waals surface area contributed by atoms with Crippen molar-refractivity contribution < 1.29 is 28.9 Å². The minimum absolute atomic E-state index is 0.178.